The topological polar surface area (TPSA) is 226 Å². The van der Waals surface area contributed by atoms with Gasteiger partial charge in [0.15, 0.2) is 0 Å². The average Bonchev–Trinajstić information content (AvgIpc) is 2.52. The Morgan fingerprint density at radius 3 is 2.11 bits per heavy atom. The second-order valence-corrected chi connectivity index (χ2v) is 9.46. The van der Waals surface area contributed by atoms with Crippen LogP contribution in [0.25, 0.3) is 0 Å². The van der Waals surface area contributed by atoms with E-state index in [0.29, 0.717) is 0 Å². The van der Waals surface area contributed by atoms with Crippen LogP contribution >= 0.6 is 0 Å². The van der Waals surface area contributed by atoms with E-state index < -0.39 is 51.6 Å². The molecule has 28 heavy (non-hydrogen) atoms. The highest BCUT2D eigenvalue weighted by Crippen LogP contribution is 2.27. The highest BCUT2D eigenvalue weighted by molar-refractivity contribution is 7.86. The fraction of sp³-hybridized carbons (Fsp3) is 0.182. The summed E-state index contributed by atoms with van der Waals surface area (Å²) in [5.41, 5.74) is -0.465. The van der Waals surface area contributed by atoms with Crippen LogP contribution in [0.5, 0.6) is 0 Å². The molecule has 0 unspecified atom stereocenters. The van der Waals surface area contributed by atoms with Crippen molar-refractivity contribution in [3.8, 4) is 0 Å². The predicted molar refractivity (Wildman–Crippen MR) is 94.1 cm³/mol. The van der Waals surface area contributed by atoms with Crippen molar-refractivity contribution in [1.29, 1.82) is 0 Å². The van der Waals surface area contributed by atoms with Crippen LogP contribution in [-0.4, -0.2) is 66.2 Å². The number of hydrogen-bond donors (Lipinski definition) is 5. The Balaban J connectivity index is 2.35. The average molecular weight is 455 g/mol. The van der Waals surface area contributed by atoms with Crippen LogP contribution in [0.15, 0.2) is 34.3 Å². The monoisotopic (exact) mass is 455 g/mol. The van der Waals surface area contributed by atoms with Crippen LogP contribution in [0.2, 0.25) is 0 Å². The lowest BCUT2D eigenvalue weighted by molar-refractivity contribution is 0.479. The number of nitrogens with zero attached hydrogens (tertiary/aromatic N) is 3. The van der Waals surface area contributed by atoms with E-state index in [1.54, 1.807) is 0 Å². The molecule has 1 aromatic carbocycles. The summed E-state index contributed by atoms with van der Waals surface area (Å²) in [6.45, 7) is -0.253. The minimum absolute atomic E-state index is 0.152. The Hall–Kier alpha value is -2.44. The Kier molecular flexibility index (Phi) is 6.16. The molecule has 5 N–H and O–H groups in total. The normalized spacial score (nSPS) is 12.5. The molecule has 0 amide bonds. The van der Waals surface area contributed by atoms with E-state index in [4.69, 9.17) is 9.11 Å². The van der Waals surface area contributed by atoms with Gasteiger partial charge in [-0.25, -0.2) is 9.97 Å². The molecule has 14 nitrogen and oxygen atoms in total. The summed E-state index contributed by atoms with van der Waals surface area (Å²) in [6, 6.07) is 2.24. The van der Waals surface area contributed by atoms with Crippen molar-refractivity contribution in [3.05, 3.63) is 24.5 Å². The van der Waals surface area contributed by atoms with E-state index in [1.165, 1.54) is 0 Å². The first kappa shape index (κ1) is 21.9. The highest BCUT2D eigenvalue weighted by Gasteiger charge is 2.20. The number of rotatable bonds is 8. The van der Waals surface area contributed by atoms with E-state index in [-0.39, 0.29) is 18.4 Å². The molecular formula is C11H13N5O9S3. The molecule has 0 saturated heterocycles. The molecule has 0 aliphatic carbocycles. The van der Waals surface area contributed by atoms with Crippen molar-refractivity contribution in [2.45, 2.75) is 9.79 Å². The van der Waals surface area contributed by atoms with Crippen molar-refractivity contribution < 1.29 is 38.9 Å². The van der Waals surface area contributed by atoms with E-state index in [9.17, 15) is 29.8 Å². The van der Waals surface area contributed by atoms with E-state index in [0.717, 1.165) is 24.5 Å². The van der Waals surface area contributed by atoms with Gasteiger partial charge in [0, 0.05) is 6.54 Å². The molecule has 0 saturated carbocycles. The Labute approximate surface area is 159 Å². The van der Waals surface area contributed by atoms with Crippen molar-refractivity contribution >= 4 is 47.9 Å². The lowest BCUT2D eigenvalue weighted by atomic mass is 10.3. The molecule has 1 heterocycles. The Bertz CT molecular complexity index is 1200. The van der Waals surface area contributed by atoms with Crippen LogP contribution in [0.4, 0.5) is 17.6 Å². The zero-order valence-electron chi connectivity index (χ0n) is 13.6. The molecule has 154 valence electrons. The molecule has 2 aromatic rings. The minimum Gasteiger partial charge on any atom is -0.353 e. The number of hydrogen-bond acceptors (Lipinski definition) is 11. The second kappa shape index (κ2) is 7.89. The van der Waals surface area contributed by atoms with E-state index in [2.05, 4.69) is 25.6 Å². The molecule has 0 bridgehead atoms. The summed E-state index contributed by atoms with van der Waals surface area (Å²) in [7, 11) is -13.7. The zero-order chi connectivity index (χ0) is 21.2. The molecule has 0 spiro atoms. The van der Waals surface area contributed by atoms with Crippen LogP contribution in [0.3, 0.4) is 0 Å². The van der Waals surface area contributed by atoms with Gasteiger partial charge in [0.25, 0.3) is 30.4 Å². The summed E-state index contributed by atoms with van der Waals surface area (Å²) >= 11 is 0. The third kappa shape index (κ3) is 6.32. The maximum Gasteiger partial charge on any atom is 0.296 e. The molecule has 17 heteroatoms. The van der Waals surface area contributed by atoms with Gasteiger partial charge in [-0.3, -0.25) is 13.7 Å². The summed E-state index contributed by atoms with van der Waals surface area (Å²) in [4.78, 5) is 9.76. The number of benzene rings is 1. The Morgan fingerprint density at radius 2 is 1.54 bits per heavy atom. The summed E-state index contributed by atoms with van der Waals surface area (Å²) < 4.78 is 93.8. The highest BCUT2D eigenvalue weighted by atomic mass is 32.2. The lowest BCUT2D eigenvalue weighted by Crippen LogP contribution is -2.16. The van der Waals surface area contributed by atoms with E-state index >= 15 is 0 Å². The molecule has 0 atom stereocenters. The van der Waals surface area contributed by atoms with Gasteiger partial charge in [-0.15, -0.1) is 0 Å². The van der Waals surface area contributed by atoms with Crippen LogP contribution in [0, 0.1) is 0 Å². The third-order valence-electron chi connectivity index (χ3n) is 2.99. The standard InChI is InChI=1S/C11H13N5O9S3/c17-26(18,19)4-3-12-10-13-6-14-11(16-10)15-8-5-7(27(20,21)22)1-2-9(8)28(23,24)25/h1-2,5-6H,3-4H2,(H,17,18,19)(H,20,21,22)(H,23,24,25)(H2,12,13,14,15,16). The van der Waals surface area contributed by atoms with Gasteiger partial charge < -0.3 is 10.6 Å². The summed E-state index contributed by atoms with van der Waals surface area (Å²) in [5, 5.41) is 4.82. The molecule has 0 fully saturated rings. The number of anilines is 3. The van der Waals surface area contributed by atoms with Crippen molar-refractivity contribution in [1.82, 2.24) is 15.0 Å². The van der Waals surface area contributed by atoms with Crippen LogP contribution in [0.1, 0.15) is 0 Å². The Morgan fingerprint density at radius 1 is 0.893 bits per heavy atom. The van der Waals surface area contributed by atoms with Gasteiger partial charge >= 0.3 is 0 Å². The molecule has 2 rings (SSSR count). The lowest BCUT2D eigenvalue weighted by Gasteiger charge is -2.11. The van der Waals surface area contributed by atoms with Gasteiger partial charge in [-0.2, -0.15) is 30.2 Å². The summed E-state index contributed by atoms with van der Waals surface area (Å²) in [5.74, 6) is -1.09. The van der Waals surface area contributed by atoms with Crippen molar-refractivity contribution in [3.63, 3.8) is 0 Å². The summed E-state index contributed by atoms with van der Waals surface area (Å²) in [6.07, 6.45) is 0.963. The van der Waals surface area contributed by atoms with Gasteiger partial charge in [0.2, 0.25) is 11.9 Å². The van der Waals surface area contributed by atoms with Crippen molar-refractivity contribution in [2.75, 3.05) is 22.9 Å². The van der Waals surface area contributed by atoms with Crippen LogP contribution in [-0.2, 0) is 30.4 Å². The van der Waals surface area contributed by atoms with Gasteiger partial charge in [0.1, 0.15) is 11.2 Å². The first-order valence-corrected chi connectivity index (χ1v) is 11.5. The van der Waals surface area contributed by atoms with Crippen LogP contribution < -0.4 is 10.6 Å². The molecule has 1 aromatic heterocycles. The van der Waals surface area contributed by atoms with E-state index in [1.807, 2.05) is 0 Å². The third-order valence-corrected chi connectivity index (χ3v) is 5.47. The molecule has 0 aliphatic rings. The fourth-order valence-corrected chi connectivity index (χ4v) is 3.34. The minimum atomic E-state index is -4.78. The molecule has 0 aliphatic heterocycles. The maximum absolute atomic E-state index is 11.5. The first-order chi connectivity index (χ1) is 12.8. The maximum atomic E-state index is 11.5. The van der Waals surface area contributed by atoms with Crippen molar-refractivity contribution in [2.24, 2.45) is 0 Å². The quantitative estimate of drug-likeness (QED) is 0.313. The van der Waals surface area contributed by atoms with Gasteiger partial charge in [-0.05, 0) is 18.2 Å². The molecular weight excluding hydrogens is 442 g/mol. The SMILES string of the molecule is O=S(=O)(O)CCNc1ncnc(Nc2cc(S(=O)(=O)O)ccc2S(=O)(=O)O)n1. The largest absolute Gasteiger partial charge is 0.353 e. The smallest absolute Gasteiger partial charge is 0.296 e. The first-order valence-electron chi connectivity index (χ1n) is 7.00. The van der Waals surface area contributed by atoms with Gasteiger partial charge in [0.05, 0.1) is 16.3 Å². The van der Waals surface area contributed by atoms with Gasteiger partial charge in [-0.1, -0.05) is 0 Å². The second-order valence-electron chi connectivity index (χ2n) is 5.08. The molecule has 0 radical (unpaired) electrons. The number of aromatic nitrogens is 3. The fourth-order valence-electron chi connectivity index (χ4n) is 1.85. The predicted octanol–water partition coefficient (Wildman–Crippen LogP) is -0.592. The number of nitrogens with one attached hydrogen (secondary N) is 2. The zero-order valence-corrected chi connectivity index (χ0v) is 16.0.